The van der Waals surface area contributed by atoms with Gasteiger partial charge in [0, 0.05) is 29.4 Å². The van der Waals surface area contributed by atoms with Crippen LogP contribution in [0.3, 0.4) is 0 Å². The van der Waals surface area contributed by atoms with Crippen LogP contribution in [0.25, 0.3) is 22.4 Å². The van der Waals surface area contributed by atoms with Gasteiger partial charge in [0.2, 0.25) is 5.56 Å². The number of hydrogen-bond donors (Lipinski definition) is 2. The number of benzene rings is 1. The highest BCUT2D eigenvalue weighted by Gasteiger charge is 2.15. The quantitative estimate of drug-likeness (QED) is 0.768. The lowest BCUT2D eigenvalue weighted by molar-refractivity contribution is 0.418. The third-order valence-corrected chi connectivity index (χ3v) is 3.49. The summed E-state index contributed by atoms with van der Waals surface area (Å²) in [7, 11) is 1.85. The largest absolute Gasteiger partial charge is 0.334 e. The van der Waals surface area contributed by atoms with Crippen molar-refractivity contribution in [2.45, 2.75) is 19.4 Å². The third kappa shape index (κ3) is 2.75. The Hall–Kier alpha value is -2.54. The number of H-pyrrole nitrogens is 1. The zero-order valence-corrected chi connectivity index (χ0v) is 12.2. The van der Waals surface area contributed by atoms with Crippen molar-refractivity contribution in [2.75, 3.05) is 7.05 Å². The van der Waals surface area contributed by atoms with E-state index in [1.807, 2.05) is 14.0 Å². The fourth-order valence-electron chi connectivity index (χ4n) is 2.23. The maximum Gasteiger partial charge on any atom is 0.258 e. The van der Waals surface area contributed by atoms with Crippen molar-refractivity contribution in [1.29, 1.82) is 0 Å². The van der Waals surface area contributed by atoms with Gasteiger partial charge in [-0.2, -0.15) is 4.98 Å². The van der Waals surface area contributed by atoms with Crippen molar-refractivity contribution < 1.29 is 8.91 Å². The Morgan fingerprint density at radius 2 is 2.23 bits per heavy atom. The van der Waals surface area contributed by atoms with Crippen LogP contribution in [0.4, 0.5) is 4.39 Å². The molecule has 3 rings (SSSR count). The number of likely N-dealkylation sites (N-methyl/N-ethyl adjacent to an activating group) is 1. The Kier molecular flexibility index (Phi) is 3.72. The monoisotopic (exact) mass is 302 g/mol. The summed E-state index contributed by atoms with van der Waals surface area (Å²) in [4.78, 5) is 18.7. The molecule has 0 saturated heterocycles. The second-order valence-electron chi connectivity index (χ2n) is 5.15. The van der Waals surface area contributed by atoms with Gasteiger partial charge in [-0.3, -0.25) is 4.79 Å². The van der Waals surface area contributed by atoms with Crippen molar-refractivity contribution >= 4 is 10.9 Å². The number of nitrogens with zero attached hydrogens (tertiary/aromatic N) is 2. The summed E-state index contributed by atoms with van der Waals surface area (Å²) < 4.78 is 18.7. The van der Waals surface area contributed by atoms with Gasteiger partial charge in [0.15, 0.2) is 5.82 Å². The Morgan fingerprint density at radius 3 is 3.00 bits per heavy atom. The van der Waals surface area contributed by atoms with Crippen LogP contribution in [0, 0.1) is 5.82 Å². The Morgan fingerprint density at radius 1 is 1.41 bits per heavy atom. The predicted octanol–water partition coefficient (Wildman–Crippen LogP) is 1.87. The number of hydrogen-bond acceptors (Lipinski definition) is 5. The van der Waals surface area contributed by atoms with Crippen molar-refractivity contribution in [3.8, 4) is 11.5 Å². The van der Waals surface area contributed by atoms with Crippen LogP contribution in [-0.4, -0.2) is 28.2 Å². The van der Waals surface area contributed by atoms with Crippen molar-refractivity contribution in [1.82, 2.24) is 20.4 Å². The van der Waals surface area contributed by atoms with E-state index < -0.39 is 5.82 Å². The summed E-state index contributed by atoms with van der Waals surface area (Å²) in [6, 6.07) is 5.66. The summed E-state index contributed by atoms with van der Waals surface area (Å²) in [5, 5.41) is 7.51. The number of nitrogens with one attached hydrogen (secondary N) is 2. The maximum absolute atomic E-state index is 13.5. The lowest BCUT2D eigenvalue weighted by Gasteiger charge is -2.05. The third-order valence-electron chi connectivity index (χ3n) is 3.49. The molecule has 0 fully saturated rings. The van der Waals surface area contributed by atoms with Gasteiger partial charge in [0.05, 0.1) is 5.56 Å². The van der Waals surface area contributed by atoms with Crippen molar-refractivity contribution in [3.05, 3.63) is 46.3 Å². The number of aromatic amines is 1. The molecule has 1 unspecified atom stereocenters. The van der Waals surface area contributed by atoms with Crippen LogP contribution in [0.5, 0.6) is 0 Å². The van der Waals surface area contributed by atoms with E-state index in [2.05, 4.69) is 20.4 Å². The van der Waals surface area contributed by atoms with Gasteiger partial charge >= 0.3 is 0 Å². The average molecular weight is 302 g/mol. The van der Waals surface area contributed by atoms with Crippen molar-refractivity contribution in [3.63, 3.8) is 0 Å². The molecule has 0 aliphatic carbocycles. The number of fused-ring (bicyclic) bond motifs is 1. The van der Waals surface area contributed by atoms with Gasteiger partial charge in [-0.15, -0.1) is 0 Å². The van der Waals surface area contributed by atoms with Crippen molar-refractivity contribution in [2.24, 2.45) is 0 Å². The standard InChI is InChI=1S/C15H15FN4O2/c1-8(17-2)5-13-19-15(22-20-13)11-7-14(21)18-12-4-3-9(16)6-10(11)12/h3-4,6-8,17H,5H2,1-2H3,(H,18,21). The molecule has 114 valence electrons. The molecule has 3 aromatic rings. The SMILES string of the molecule is CNC(C)Cc1noc(-c2cc(=O)[nH]c3ccc(F)cc23)n1. The molecule has 1 aromatic carbocycles. The highest BCUT2D eigenvalue weighted by atomic mass is 19.1. The van der Waals surface area contributed by atoms with E-state index in [9.17, 15) is 9.18 Å². The average Bonchev–Trinajstić information content (AvgIpc) is 2.95. The molecule has 0 bridgehead atoms. The minimum absolute atomic E-state index is 0.193. The summed E-state index contributed by atoms with van der Waals surface area (Å²) >= 11 is 0. The zero-order valence-electron chi connectivity index (χ0n) is 12.2. The van der Waals surface area contributed by atoms with Gasteiger partial charge < -0.3 is 14.8 Å². The minimum Gasteiger partial charge on any atom is -0.334 e. The fourth-order valence-corrected chi connectivity index (χ4v) is 2.23. The Bertz CT molecular complexity index is 871. The van der Waals surface area contributed by atoms with Crippen LogP contribution in [0.1, 0.15) is 12.7 Å². The summed E-state index contributed by atoms with van der Waals surface area (Å²) in [6.07, 6.45) is 0.593. The molecule has 6 nitrogen and oxygen atoms in total. The molecule has 7 heteroatoms. The van der Waals surface area contributed by atoms with Crippen LogP contribution >= 0.6 is 0 Å². The second kappa shape index (κ2) is 5.69. The van der Waals surface area contributed by atoms with Gasteiger partial charge in [-0.05, 0) is 32.2 Å². The lowest BCUT2D eigenvalue weighted by atomic mass is 10.1. The molecule has 0 amide bonds. The maximum atomic E-state index is 13.5. The van der Waals surface area contributed by atoms with E-state index in [1.165, 1.54) is 24.3 Å². The number of pyridine rings is 1. The first-order valence-electron chi connectivity index (χ1n) is 6.89. The first kappa shape index (κ1) is 14.4. The molecule has 0 aliphatic heterocycles. The molecule has 2 N–H and O–H groups in total. The Labute approximate surface area is 125 Å². The molecule has 2 aromatic heterocycles. The normalized spacial score (nSPS) is 12.7. The topological polar surface area (TPSA) is 83.8 Å². The van der Waals surface area contributed by atoms with Crippen LogP contribution in [-0.2, 0) is 6.42 Å². The molecular formula is C15H15FN4O2. The van der Waals surface area contributed by atoms with Crippen LogP contribution in [0.2, 0.25) is 0 Å². The van der Waals surface area contributed by atoms with E-state index in [-0.39, 0.29) is 17.5 Å². The number of halogens is 1. The minimum atomic E-state index is -0.399. The second-order valence-corrected chi connectivity index (χ2v) is 5.15. The zero-order chi connectivity index (χ0) is 15.7. The van der Waals surface area contributed by atoms with E-state index in [0.717, 1.165) is 0 Å². The Balaban J connectivity index is 2.10. The molecular weight excluding hydrogens is 287 g/mol. The van der Waals surface area contributed by atoms with Gasteiger partial charge in [0.25, 0.3) is 5.89 Å². The smallest absolute Gasteiger partial charge is 0.258 e. The van der Waals surface area contributed by atoms with E-state index >= 15 is 0 Å². The van der Waals surface area contributed by atoms with E-state index in [0.29, 0.717) is 28.7 Å². The van der Waals surface area contributed by atoms with E-state index in [1.54, 1.807) is 0 Å². The molecule has 0 aliphatic rings. The van der Waals surface area contributed by atoms with Gasteiger partial charge in [0.1, 0.15) is 5.82 Å². The fraction of sp³-hybridized carbons (Fsp3) is 0.267. The molecule has 2 heterocycles. The van der Waals surface area contributed by atoms with Crippen LogP contribution < -0.4 is 10.9 Å². The highest BCUT2D eigenvalue weighted by Crippen LogP contribution is 2.25. The molecule has 0 saturated carbocycles. The van der Waals surface area contributed by atoms with Crippen LogP contribution in [0.15, 0.2) is 33.6 Å². The molecule has 1 atom stereocenters. The summed E-state index contributed by atoms with van der Waals surface area (Å²) in [5.41, 5.74) is 0.638. The summed E-state index contributed by atoms with van der Waals surface area (Å²) in [5.74, 6) is 0.339. The van der Waals surface area contributed by atoms with Gasteiger partial charge in [-0.25, -0.2) is 4.39 Å². The van der Waals surface area contributed by atoms with E-state index in [4.69, 9.17) is 4.52 Å². The number of rotatable bonds is 4. The number of aromatic nitrogens is 3. The molecule has 0 spiro atoms. The summed E-state index contributed by atoms with van der Waals surface area (Å²) in [6.45, 7) is 1.99. The first-order valence-corrected chi connectivity index (χ1v) is 6.89. The van der Waals surface area contributed by atoms with Gasteiger partial charge in [-0.1, -0.05) is 5.16 Å². The molecule has 22 heavy (non-hydrogen) atoms. The highest BCUT2D eigenvalue weighted by molar-refractivity contribution is 5.91. The predicted molar refractivity (Wildman–Crippen MR) is 80.0 cm³/mol. The lowest BCUT2D eigenvalue weighted by Crippen LogP contribution is -2.24. The molecule has 0 radical (unpaired) electrons. The first-order chi connectivity index (χ1) is 10.6.